The molecule has 1 aromatic rings. The first-order valence-corrected chi connectivity index (χ1v) is 6.81. The van der Waals surface area contributed by atoms with Gasteiger partial charge in [0.25, 0.3) is 5.91 Å². The molecule has 6 heteroatoms. The van der Waals surface area contributed by atoms with E-state index in [9.17, 15) is 9.59 Å². The van der Waals surface area contributed by atoms with Crippen LogP contribution >= 0.6 is 0 Å². The fourth-order valence-electron chi connectivity index (χ4n) is 2.83. The van der Waals surface area contributed by atoms with Crippen LogP contribution in [0.4, 0.5) is 0 Å². The van der Waals surface area contributed by atoms with Crippen molar-refractivity contribution in [3.05, 3.63) is 33.7 Å². The number of fused-ring (bicyclic) bond motifs is 2. The van der Waals surface area contributed by atoms with Gasteiger partial charge in [0.05, 0.1) is 13.2 Å². The first kappa shape index (κ1) is 13.2. The third-order valence-corrected chi connectivity index (χ3v) is 3.73. The Kier molecular flexibility index (Phi) is 2.86. The van der Waals surface area contributed by atoms with Crippen molar-refractivity contribution < 1.29 is 9.53 Å². The van der Waals surface area contributed by atoms with Crippen LogP contribution in [0.2, 0.25) is 0 Å². The van der Waals surface area contributed by atoms with Crippen LogP contribution < -0.4 is 10.9 Å². The van der Waals surface area contributed by atoms with Gasteiger partial charge < -0.3 is 15.1 Å². The van der Waals surface area contributed by atoms with Gasteiger partial charge in [0.2, 0.25) is 0 Å². The lowest BCUT2D eigenvalue weighted by atomic mass is 9.85. The molecule has 2 aliphatic rings. The number of amides is 1. The summed E-state index contributed by atoms with van der Waals surface area (Å²) < 4.78 is 7.06. The van der Waals surface area contributed by atoms with E-state index in [1.54, 1.807) is 15.8 Å². The number of hydrogen-bond donors (Lipinski definition) is 1. The average Bonchev–Trinajstić information content (AvgIpc) is 2.38. The van der Waals surface area contributed by atoms with E-state index in [1.807, 2.05) is 20.8 Å². The number of morpholine rings is 1. The summed E-state index contributed by atoms with van der Waals surface area (Å²) in [5.41, 5.74) is 3.76. The minimum absolute atomic E-state index is 0.0920. The summed E-state index contributed by atoms with van der Waals surface area (Å²) >= 11 is 0. The van der Waals surface area contributed by atoms with Gasteiger partial charge in [0.1, 0.15) is 11.9 Å². The zero-order valence-corrected chi connectivity index (χ0v) is 12.0. The Morgan fingerprint density at radius 3 is 2.80 bits per heavy atom. The van der Waals surface area contributed by atoms with E-state index >= 15 is 0 Å². The van der Waals surface area contributed by atoms with E-state index in [4.69, 9.17) is 4.74 Å². The number of carbonyl (C=O) groups is 1. The van der Waals surface area contributed by atoms with Gasteiger partial charge in [0, 0.05) is 24.4 Å². The third-order valence-electron chi connectivity index (χ3n) is 3.73. The normalized spacial score (nSPS) is 22.1. The number of ether oxygens (including phenoxy) is 1. The number of aromatic nitrogens is 1. The maximum absolute atomic E-state index is 12.7. The molecule has 3 heterocycles. The highest BCUT2D eigenvalue weighted by Gasteiger charge is 2.38. The van der Waals surface area contributed by atoms with Gasteiger partial charge in [-0.1, -0.05) is 20.8 Å². The fourth-order valence-corrected chi connectivity index (χ4v) is 2.83. The highest BCUT2D eigenvalue weighted by Crippen LogP contribution is 2.26. The highest BCUT2D eigenvalue weighted by atomic mass is 16.5. The maximum Gasteiger partial charge on any atom is 0.274 e. The second kappa shape index (κ2) is 4.34. The molecule has 0 aliphatic carbocycles. The number of nitrogens with one attached hydrogen (secondary N) is 1. The molecule has 0 bridgehead atoms. The first-order valence-electron chi connectivity index (χ1n) is 6.81. The summed E-state index contributed by atoms with van der Waals surface area (Å²) in [6, 6.07) is 1.50. The molecule has 2 aliphatic heterocycles. The van der Waals surface area contributed by atoms with Crippen LogP contribution in [0.15, 0.2) is 17.1 Å². The van der Waals surface area contributed by atoms with Crippen molar-refractivity contribution in [3.63, 3.8) is 0 Å². The summed E-state index contributed by atoms with van der Waals surface area (Å²) in [4.78, 5) is 26.7. The monoisotopic (exact) mass is 277 g/mol. The number of hydrogen-bond acceptors (Lipinski definition) is 4. The summed E-state index contributed by atoms with van der Waals surface area (Å²) in [5.74, 6) is -0.0975. The number of rotatable bonds is 0. The Morgan fingerprint density at radius 2 is 2.10 bits per heavy atom. The van der Waals surface area contributed by atoms with Crippen molar-refractivity contribution in [3.8, 4) is 0 Å². The fraction of sp³-hybridized carbons (Fsp3) is 0.571. The smallest absolute Gasteiger partial charge is 0.274 e. The summed E-state index contributed by atoms with van der Waals surface area (Å²) in [7, 11) is 0. The molecule has 1 amide bonds. The predicted molar refractivity (Wildman–Crippen MR) is 74.4 cm³/mol. The Bertz CT molecular complexity index is 615. The quantitative estimate of drug-likeness (QED) is 0.750. The average molecular weight is 277 g/mol. The van der Waals surface area contributed by atoms with Crippen LogP contribution in [-0.4, -0.2) is 41.4 Å². The first-order chi connectivity index (χ1) is 9.39. The Balaban J connectivity index is 2.19. The van der Waals surface area contributed by atoms with Crippen LogP contribution in [0.1, 0.15) is 36.8 Å². The van der Waals surface area contributed by atoms with Crippen molar-refractivity contribution in [2.24, 2.45) is 0 Å². The van der Waals surface area contributed by atoms with Crippen molar-refractivity contribution >= 4 is 5.91 Å². The van der Waals surface area contributed by atoms with Gasteiger partial charge in [-0.25, -0.2) is 0 Å². The SMILES string of the molecule is CC(C)(C)c1c2n(ccc1=O)N[C@@H]1COCCN1C2=O. The van der Waals surface area contributed by atoms with E-state index in [0.717, 1.165) is 0 Å². The molecule has 6 nitrogen and oxygen atoms in total. The minimum atomic E-state index is -0.383. The van der Waals surface area contributed by atoms with Crippen molar-refractivity contribution in [1.82, 2.24) is 9.58 Å². The molecular weight excluding hydrogens is 258 g/mol. The van der Waals surface area contributed by atoms with Crippen LogP contribution in [0, 0.1) is 0 Å². The van der Waals surface area contributed by atoms with E-state index in [2.05, 4.69) is 5.43 Å². The second-order valence-corrected chi connectivity index (χ2v) is 6.24. The maximum atomic E-state index is 12.7. The molecule has 0 radical (unpaired) electrons. The lowest BCUT2D eigenvalue weighted by Gasteiger charge is -2.42. The Hall–Kier alpha value is -1.82. The van der Waals surface area contributed by atoms with Crippen LogP contribution in [-0.2, 0) is 10.2 Å². The van der Waals surface area contributed by atoms with Gasteiger partial charge in [-0.15, -0.1) is 0 Å². The predicted octanol–water partition coefficient (Wildman–Crippen LogP) is 0.501. The summed E-state index contributed by atoms with van der Waals surface area (Å²) in [6.07, 6.45) is 1.45. The number of nitrogens with zero attached hydrogens (tertiary/aromatic N) is 2. The number of carbonyl (C=O) groups excluding carboxylic acids is 1. The highest BCUT2D eigenvalue weighted by molar-refractivity contribution is 5.95. The van der Waals surface area contributed by atoms with Crippen molar-refractivity contribution in [2.75, 3.05) is 25.2 Å². The van der Waals surface area contributed by atoms with Gasteiger partial charge in [-0.3, -0.25) is 14.3 Å². The lowest BCUT2D eigenvalue weighted by molar-refractivity contribution is -0.00308. The van der Waals surface area contributed by atoms with Gasteiger partial charge >= 0.3 is 0 Å². The molecule has 0 aromatic carbocycles. The van der Waals surface area contributed by atoms with E-state index in [0.29, 0.717) is 31.0 Å². The molecule has 20 heavy (non-hydrogen) atoms. The molecule has 1 atom stereocenters. The zero-order valence-electron chi connectivity index (χ0n) is 12.0. The number of pyridine rings is 1. The largest absolute Gasteiger partial charge is 0.375 e. The standard InChI is InChI=1S/C14H19N3O3/c1-14(2,3)11-9(18)4-5-17-12(11)13(19)16-6-7-20-8-10(16)15-17/h4-5,10,15H,6-8H2,1-3H3/t10-/m0/s1. The van der Waals surface area contributed by atoms with Crippen LogP contribution in [0.5, 0.6) is 0 Å². The molecule has 108 valence electrons. The van der Waals surface area contributed by atoms with E-state index in [1.165, 1.54) is 6.07 Å². The van der Waals surface area contributed by atoms with Crippen LogP contribution in [0.25, 0.3) is 0 Å². The third kappa shape index (κ3) is 1.91. The summed E-state index contributed by atoms with van der Waals surface area (Å²) in [6.45, 7) is 7.38. The summed E-state index contributed by atoms with van der Waals surface area (Å²) in [5, 5.41) is 0. The zero-order chi connectivity index (χ0) is 14.5. The molecular formula is C14H19N3O3. The molecule has 0 unspecified atom stereocenters. The van der Waals surface area contributed by atoms with Gasteiger partial charge in [0.15, 0.2) is 5.43 Å². The minimum Gasteiger partial charge on any atom is -0.375 e. The molecule has 0 saturated carbocycles. The van der Waals surface area contributed by atoms with Crippen molar-refractivity contribution in [2.45, 2.75) is 32.4 Å². The van der Waals surface area contributed by atoms with E-state index < -0.39 is 0 Å². The molecule has 1 aromatic heterocycles. The van der Waals surface area contributed by atoms with Crippen LogP contribution in [0.3, 0.4) is 0 Å². The topological polar surface area (TPSA) is 63.6 Å². The molecule has 1 N–H and O–H groups in total. The molecule has 1 fully saturated rings. The second-order valence-electron chi connectivity index (χ2n) is 6.24. The Labute approximate surface area is 117 Å². The van der Waals surface area contributed by atoms with Gasteiger partial charge in [-0.05, 0) is 5.41 Å². The molecule has 0 spiro atoms. The van der Waals surface area contributed by atoms with Gasteiger partial charge in [-0.2, -0.15) is 0 Å². The Morgan fingerprint density at radius 1 is 1.35 bits per heavy atom. The molecule has 1 saturated heterocycles. The van der Waals surface area contributed by atoms with Crippen molar-refractivity contribution in [1.29, 1.82) is 0 Å². The lowest BCUT2D eigenvalue weighted by Crippen LogP contribution is -2.60. The van der Waals surface area contributed by atoms with E-state index in [-0.39, 0.29) is 22.9 Å². The molecule has 3 rings (SSSR count).